The van der Waals surface area contributed by atoms with Crippen molar-refractivity contribution in [3.8, 4) is 11.5 Å². The number of hydrogen-bond donors (Lipinski definition) is 1. The molecule has 1 amide bonds. The van der Waals surface area contributed by atoms with E-state index in [0.717, 1.165) is 6.42 Å². The molecule has 2 aliphatic rings. The van der Waals surface area contributed by atoms with Gasteiger partial charge in [0.05, 0.1) is 24.3 Å². The van der Waals surface area contributed by atoms with E-state index in [-0.39, 0.29) is 18.1 Å². The molecule has 2 aliphatic heterocycles. The highest BCUT2D eigenvalue weighted by atomic mass is 16.6. The molecule has 8 nitrogen and oxygen atoms in total. The number of para-hydroxylation sites is 1. The summed E-state index contributed by atoms with van der Waals surface area (Å²) in [6, 6.07) is 7.12. The van der Waals surface area contributed by atoms with Crippen LogP contribution >= 0.6 is 0 Å². The number of nitrogen functional groups attached to an aromatic ring is 1. The van der Waals surface area contributed by atoms with E-state index < -0.39 is 0 Å². The van der Waals surface area contributed by atoms with E-state index in [0.29, 0.717) is 49.2 Å². The molecule has 0 bridgehead atoms. The average Bonchev–Trinajstić information content (AvgIpc) is 3.27. The molecule has 138 valence electrons. The molecule has 1 aromatic carbocycles. The summed E-state index contributed by atoms with van der Waals surface area (Å²) in [5.41, 5.74) is 6.22. The normalized spacial score (nSPS) is 21.8. The van der Waals surface area contributed by atoms with Gasteiger partial charge in [0, 0.05) is 19.9 Å². The first-order valence-corrected chi connectivity index (χ1v) is 8.67. The van der Waals surface area contributed by atoms with Crippen LogP contribution in [-0.2, 0) is 11.3 Å². The third-order valence-corrected chi connectivity index (χ3v) is 4.83. The van der Waals surface area contributed by atoms with Gasteiger partial charge in [0.15, 0.2) is 11.5 Å². The molecule has 8 heteroatoms. The van der Waals surface area contributed by atoms with Crippen molar-refractivity contribution >= 4 is 11.7 Å². The molecule has 0 radical (unpaired) electrons. The van der Waals surface area contributed by atoms with Gasteiger partial charge in [-0.1, -0.05) is 6.07 Å². The average molecular weight is 358 g/mol. The van der Waals surface area contributed by atoms with Gasteiger partial charge < -0.3 is 24.8 Å². The number of aromatic nitrogens is 2. The molecule has 1 saturated heterocycles. The molecule has 1 aromatic heterocycles. The molecule has 0 unspecified atom stereocenters. The lowest BCUT2D eigenvalue weighted by atomic mass is 10.1. The Kier molecular flexibility index (Phi) is 4.42. The lowest BCUT2D eigenvalue weighted by molar-refractivity contribution is 0.0669. The Morgan fingerprint density at radius 3 is 2.96 bits per heavy atom. The van der Waals surface area contributed by atoms with Crippen molar-refractivity contribution in [2.45, 2.75) is 25.1 Å². The summed E-state index contributed by atoms with van der Waals surface area (Å²) in [6.45, 7) is 2.02. The van der Waals surface area contributed by atoms with E-state index in [9.17, 15) is 4.79 Å². The zero-order chi connectivity index (χ0) is 18.1. The van der Waals surface area contributed by atoms with Gasteiger partial charge in [0.25, 0.3) is 5.91 Å². The summed E-state index contributed by atoms with van der Waals surface area (Å²) < 4.78 is 18.6. The Morgan fingerprint density at radius 1 is 1.35 bits per heavy atom. The van der Waals surface area contributed by atoms with Gasteiger partial charge in [-0.15, -0.1) is 0 Å². The Bertz CT molecular complexity index is 806. The fourth-order valence-electron chi connectivity index (χ4n) is 3.56. The zero-order valence-corrected chi connectivity index (χ0v) is 14.6. The monoisotopic (exact) mass is 358 g/mol. The predicted molar refractivity (Wildman–Crippen MR) is 94.3 cm³/mol. The van der Waals surface area contributed by atoms with Crippen molar-refractivity contribution in [2.24, 2.45) is 0 Å². The van der Waals surface area contributed by atoms with Gasteiger partial charge >= 0.3 is 0 Å². The fourth-order valence-corrected chi connectivity index (χ4v) is 3.56. The van der Waals surface area contributed by atoms with Crippen LogP contribution in [0.5, 0.6) is 11.5 Å². The topological polar surface area (TPSA) is 91.8 Å². The molecule has 2 atom stereocenters. The first kappa shape index (κ1) is 16.7. The van der Waals surface area contributed by atoms with Crippen molar-refractivity contribution in [1.82, 2.24) is 14.7 Å². The van der Waals surface area contributed by atoms with E-state index in [1.165, 1.54) is 0 Å². The zero-order valence-electron chi connectivity index (χ0n) is 14.6. The summed E-state index contributed by atoms with van der Waals surface area (Å²) in [5.74, 6) is 1.51. The molecular weight excluding hydrogens is 336 g/mol. The maximum Gasteiger partial charge on any atom is 0.258 e. The largest absolute Gasteiger partial charge is 0.486 e. The van der Waals surface area contributed by atoms with Gasteiger partial charge in [0.1, 0.15) is 19.0 Å². The molecule has 2 aromatic rings. The third-order valence-electron chi connectivity index (χ3n) is 4.83. The second-order valence-electron chi connectivity index (χ2n) is 6.50. The maximum absolute atomic E-state index is 13.3. The highest BCUT2D eigenvalue weighted by Gasteiger charge is 2.37. The number of carbonyl (C=O) groups excluding carboxylic acids is 1. The Morgan fingerprint density at radius 2 is 2.19 bits per heavy atom. The Balaban J connectivity index is 1.60. The van der Waals surface area contributed by atoms with Crippen LogP contribution in [0.4, 0.5) is 5.82 Å². The van der Waals surface area contributed by atoms with E-state index in [1.54, 1.807) is 23.9 Å². The molecule has 26 heavy (non-hydrogen) atoms. The summed E-state index contributed by atoms with van der Waals surface area (Å²) in [4.78, 5) is 15.1. The number of fused-ring (bicyclic) bond motifs is 1. The van der Waals surface area contributed by atoms with Crippen LogP contribution < -0.4 is 15.2 Å². The number of methoxy groups -OCH3 is 1. The number of benzene rings is 1. The minimum Gasteiger partial charge on any atom is -0.486 e. The molecule has 1 fully saturated rings. The number of rotatable bonds is 4. The number of nitrogens with two attached hydrogens (primary N) is 1. The van der Waals surface area contributed by atoms with Crippen LogP contribution in [0.15, 0.2) is 30.5 Å². The summed E-state index contributed by atoms with van der Waals surface area (Å²) >= 11 is 0. The van der Waals surface area contributed by atoms with Crippen LogP contribution in [0.3, 0.4) is 0 Å². The molecule has 4 rings (SSSR count). The number of nitrogens with zero attached hydrogens (tertiary/aromatic N) is 3. The third kappa shape index (κ3) is 3.08. The predicted octanol–water partition coefficient (Wildman–Crippen LogP) is 1.17. The van der Waals surface area contributed by atoms with Crippen molar-refractivity contribution < 1.29 is 19.0 Å². The molecule has 0 saturated carbocycles. The molecule has 0 aliphatic carbocycles. The number of amides is 1. The highest BCUT2D eigenvalue weighted by Crippen LogP contribution is 2.35. The first-order valence-electron chi connectivity index (χ1n) is 8.67. The number of carbonyl (C=O) groups is 1. The van der Waals surface area contributed by atoms with Gasteiger partial charge in [-0.3, -0.25) is 9.48 Å². The van der Waals surface area contributed by atoms with Crippen molar-refractivity contribution in [2.75, 3.05) is 32.6 Å². The SMILES string of the molecule is CO[C@@H]1C[C@@H](Cn2ccc(N)n2)N(C(=O)c2cccc3c2OCCO3)C1. The van der Waals surface area contributed by atoms with Crippen molar-refractivity contribution in [1.29, 1.82) is 0 Å². The van der Waals surface area contributed by atoms with Crippen LogP contribution in [0, 0.1) is 0 Å². The lowest BCUT2D eigenvalue weighted by Crippen LogP contribution is -2.39. The Hall–Kier alpha value is -2.74. The van der Waals surface area contributed by atoms with Crippen molar-refractivity contribution in [3.05, 3.63) is 36.0 Å². The van der Waals surface area contributed by atoms with E-state index in [1.807, 2.05) is 23.2 Å². The Labute approximate surface area is 151 Å². The number of anilines is 1. The summed E-state index contributed by atoms with van der Waals surface area (Å²) in [7, 11) is 1.67. The number of likely N-dealkylation sites (tertiary alicyclic amines) is 1. The van der Waals surface area contributed by atoms with Gasteiger partial charge in [-0.05, 0) is 24.6 Å². The summed E-state index contributed by atoms with van der Waals surface area (Å²) in [6.07, 6.45) is 2.56. The van der Waals surface area contributed by atoms with Gasteiger partial charge in [0.2, 0.25) is 0 Å². The molecule has 2 N–H and O–H groups in total. The molecular formula is C18H22N4O4. The van der Waals surface area contributed by atoms with Gasteiger partial charge in [-0.25, -0.2) is 0 Å². The van der Waals surface area contributed by atoms with Crippen molar-refractivity contribution in [3.63, 3.8) is 0 Å². The lowest BCUT2D eigenvalue weighted by Gasteiger charge is -2.27. The van der Waals surface area contributed by atoms with Gasteiger partial charge in [-0.2, -0.15) is 5.10 Å². The smallest absolute Gasteiger partial charge is 0.258 e. The maximum atomic E-state index is 13.3. The molecule has 3 heterocycles. The number of ether oxygens (including phenoxy) is 3. The first-order chi connectivity index (χ1) is 12.7. The number of hydrogen-bond acceptors (Lipinski definition) is 6. The highest BCUT2D eigenvalue weighted by molar-refractivity contribution is 5.98. The quantitative estimate of drug-likeness (QED) is 0.882. The second-order valence-corrected chi connectivity index (χ2v) is 6.50. The molecule has 0 spiro atoms. The van der Waals surface area contributed by atoms with E-state index in [2.05, 4.69) is 5.10 Å². The van der Waals surface area contributed by atoms with Crippen LogP contribution in [0.25, 0.3) is 0 Å². The van der Waals surface area contributed by atoms with Crippen LogP contribution in [0.1, 0.15) is 16.8 Å². The van der Waals surface area contributed by atoms with Crippen LogP contribution in [-0.4, -0.2) is 59.6 Å². The van der Waals surface area contributed by atoms with Crippen LogP contribution in [0.2, 0.25) is 0 Å². The standard InChI is InChI=1S/C18H22N4O4/c1-24-13-9-12(10-21-6-5-16(19)20-21)22(11-13)18(23)14-3-2-4-15-17(14)26-8-7-25-15/h2-6,12-13H,7-11H2,1H3,(H2,19,20)/t12-,13+/m0/s1. The minimum absolute atomic E-state index is 0.00596. The minimum atomic E-state index is -0.0861. The van der Waals surface area contributed by atoms with E-state index in [4.69, 9.17) is 19.9 Å². The second kappa shape index (κ2) is 6.87. The van der Waals surface area contributed by atoms with E-state index >= 15 is 0 Å². The fraction of sp³-hybridized carbons (Fsp3) is 0.444. The summed E-state index contributed by atoms with van der Waals surface area (Å²) in [5, 5.41) is 4.23.